The highest BCUT2D eigenvalue weighted by Crippen LogP contribution is 2.32. The quantitative estimate of drug-likeness (QED) is 0.286. The van der Waals surface area contributed by atoms with Crippen LogP contribution in [0.15, 0.2) is 36.4 Å². The van der Waals surface area contributed by atoms with Crippen LogP contribution < -0.4 is 0 Å². The van der Waals surface area contributed by atoms with Gasteiger partial charge in [0.15, 0.2) is 5.78 Å². The highest BCUT2D eigenvalue weighted by atomic mass is 16.5. The molecule has 1 aliphatic carbocycles. The molecule has 1 aromatic carbocycles. The second-order valence-corrected chi connectivity index (χ2v) is 8.86. The van der Waals surface area contributed by atoms with Gasteiger partial charge in [-0.05, 0) is 63.5 Å². The Morgan fingerprint density at radius 3 is 2.48 bits per heavy atom. The van der Waals surface area contributed by atoms with E-state index in [9.17, 15) is 14.7 Å². The van der Waals surface area contributed by atoms with Gasteiger partial charge in [0.2, 0.25) is 0 Å². The van der Waals surface area contributed by atoms with E-state index in [-0.39, 0.29) is 23.6 Å². The molecule has 4 nitrogen and oxygen atoms in total. The van der Waals surface area contributed by atoms with Crippen LogP contribution in [0.4, 0.5) is 0 Å². The van der Waals surface area contributed by atoms with Crippen LogP contribution in [-0.4, -0.2) is 29.6 Å². The molecule has 0 fully saturated rings. The number of rotatable bonds is 15. The zero-order valence-corrected chi connectivity index (χ0v) is 19.4. The van der Waals surface area contributed by atoms with Crippen molar-refractivity contribution in [1.82, 2.24) is 0 Å². The lowest BCUT2D eigenvalue weighted by atomic mass is 9.83. The molecular formula is C27H40O4. The van der Waals surface area contributed by atoms with Crippen LogP contribution >= 0.6 is 0 Å². The number of carbonyl (C=O) groups is 2. The van der Waals surface area contributed by atoms with Crippen molar-refractivity contribution in [3.8, 4) is 0 Å². The molecule has 1 aliphatic rings. The number of aliphatic hydroxyl groups is 1. The Bertz CT molecular complexity index is 692. The van der Waals surface area contributed by atoms with Crippen molar-refractivity contribution in [1.29, 1.82) is 0 Å². The van der Waals surface area contributed by atoms with Crippen molar-refractivity contribution in [3.05, 3.63) is 47.5 Å². The summed E-state index contributed by atoms with van der Waals surface area (Å²) < 4.78 is 4.93. The van der Waals surface area contributed by atoms with Gasteiger partial charge in [-0.15, -0.1) is 0 Å². The second-order valence-electron chi connectivity index (χ2n) is 8.86. The minimum atomic E-state index is -0.586. The minimum Gasteiger partial charge on any atom is -0.466 e. The Labute approximate surface area is 188 Å². The van der Waals surface area contributed by atoms with Crippen molar-refractivity contribution < 1.29 is 19.4 Å². The van der Waals surface area contributed by atoms with Crippen LogP contribution in [0.2, 0.25) is 0 Å². The second kappa shape index (κ2) is 14.2. The van der Waals surface area contributed by atoms with Crippen molar-refractivity contribution in [2.45, 2.75) is 90.6 Å². The first-order chi connectivity index (χ1) is 15.0. The molecule has 172 valence electrons. The van der Waals surface area contributed by atoms with Crippen molar-refractivity contribution >= 4 is 11.8 Å². The smallest absolute Gasteiger partial charge is 0.305 e. The van der Waals surface area contributed by atoms with Gasteiger partial charge in [-0.25, -0.2) is 0 Å². The maximum atomic E-state index is 12.3. The van der Waals surface area contributed by atoms with E-state index in [2.05, 4.69) is 31.2 Å². The van der Waals surface area contributed by atoms with Gasteiger partial charge in [0, 0.05) is 6.42 Å². The standard InChI is InChI=1S/C27H40O4/c1-3-31-26(30)14-10-6-9-13-24(28)27-23(19-20-25(27)29)12-8-5-4-7-11-22-17-15-21(2)16-18-22/h15-20,23-24,27-28H,3-14H2,1-2H3/t23-,24-,27?/m1/s1. The highest BCUT2D eigenvalue weighted by Gasteiger charge is 2.35. The average molecular weight is 429 g/mol. The Morgan fingerprint density at radius 2 is 1.74 bits per heavy atom. The monoisotopic (exact) mass is 428 g/mol. The molecule has 0 saturated heterocycles. The normalized spacial score (nSPS) is 19.0. The van der Waals surface area contributed by atoms with E-state index < -0.39 is 6.10 Å². The summed E-state index contributed by atoms with van der Waals surface area (Å²) in [4.78, 5) is 23.6. The number of ether oxygens (including phenoxy) is 1. The summed E-state index contributed by atoms with van der Waals surface area (Å²) >= 11 is 0. The Balaban J connectivity index is 1.59. The number of ketones is 1. The molecule has 4 heteroatoms. The molecular weight excluding hydrogens is 388 g/mol. The van der Waals surface area contributed by atoms with Crippen LogP contribution in [0.25, 0.3) is 0 Å². The number of allylic oxidation sites excluding steroid dienone is 2. The van der Waals surface area contributed by atoms with Crippen LogP contribution in [0, 0.1) is 18.8 Å². The number of aliphatic hydroxyl groups excluding tert-OH is 1. The van der Waals surface area contributed by atoms with E-state index in [4.69, 9.17) is 4.74 Å². The predicted octanol–water partition coefficient (Wildman–Crippen LogP) is 5.73. The van der Waals surface area contributed by atoms with Crippen LogP contribution in [0.5, 0.6) is 0 Å². The summed E-state index contributed by atoms with van der Waals surface area (Å²) in [6, 6.07) is 8.77. The van der Waals surface area contributed by atoms with E-state index in [0.717, 1.165) is 38.5 Å². The fourth-order valence-corrected chi connectivity index (χ4v) is 4.44. The molecule has 31 heavy (non-hydrogen) atoms. The molecule has 0 amide bonds. The molecule has 0 heterocycles. The van der Waals surface area contributed by atoms with Crippen LogP contribution in [0.1, 0.15) is 82.3 Å². The molecule has 1 unspecified atom stereocenters. The summed E-state index contributed by atoms with van der Waals surface area (Å²) in [6.45, 7) is 4.34. The number of unbranched alkanes of at least 4 members (excludes halogenated alkanes) is 5. The zero-order chi connectivity index (χ0) is 22.5. The van der Waals surface area contributed by atoms with Gasteiger partial charge >= 0.3 is 5.97 Å². The number of benzene rings is 1. The molecule has 0 aromatic heterocycles. The summed E-state index contributed by atoms with van der Waals surface area (Å²) in [5, 5.41) is 10.6. The van der Waals surface area contributed by atoms with Gasteiger partial charge in [-0.3, -0.25) is 9.59 Å². The van der Waals surface area contributed by atoms with E-state index >= 15 is 0 Å². The third-order valence-electron chi connectivity index (χ3n) is 6.27. The van der Waals surface area contributed by atoms with Gasteiger partial charge < -0.3 is 9.84 Å². The summed E-state index contributed by atoms with van der Waals surface area (Å²) in [6.07, 6.45) is 13.4. The molecule has 3 atom stereocenters. The third kappa shape index (κ3) is 9.39. The lowest BCUT2D eigenvalue weighted by molar-refractivity contribution is -0.143. The number of hydrogen-bond acceptors (Lipinski definition) is 4. The first-order valence-electron chi connectivity index (χ1n) is 12.1. The average Bonchev–Trinajstić information content (AvgIpc) is 3.12. The molecule has 0 bridgehead atoms. The largest absolute Gasteiger partial charge is 0.466 e. The molecule has 0 saturated carbocycles. The maximum Gasteiger partial charge on any atom is 0.305 e. The van der Waals surface area contributed by atoms with E-state index in [1.54, 1.807) is 6.08 Å². The van der Waals surface area contributed by atoms with E-state index in [1.807, 2.05) is 13.0 Å². The van der Waals surface area contributed by atoms with Gasteiger partial charge in [0.1, 0.15) is 0 Å². The molecule has 0 radical (unpaired) electrons. The summed E-state index contributed by atoms with van der Waals surface area (Å²) in [7, 11) is 0. The van der Waals surface area contributed by atoms with Crippen molar-refractivity contribution in [2.24, 2.45) is 11.8 Å². The van der Waals surface area contributed by atoms with Gasteiger partial charge in [-0.1, -0.05) is 68.0 Å². The molecule has 0 spiro atoms. The summed E-state index contributed by atoms with van der Waals surface area (Å²) in [5.74, 6) is -0.197. The lowest BCUT2D eigenvalue weighted by Crippen LogP contribution is -2.30. The topological polar surface area (TPSA) is 63.6 Å². The van der Waals surface area contributed by atoms with E-state index in [1.165, 1.54) is 30.4 Å². The Morgan fingerprint density at radius 1 is 1.03 bits per heavy atom. The maximum absolute atomic E-state index is 12.3. The molecule has 2 rings (SSSR count). The van der Waals surface area contributed by atoms with Gasteiger partial charge in [-0.2, -0.15) is 0 Å². The first kappa shape index (κ1) is 25.3. The number of carbonyl (C=O) groups excluding carboxylic acids is 2. The van der Waals surface area contributed by atoms with Gasteiger partial charge in [0.05, 0.1) is 18.6 Å². The van der Waals surface area contributed by atoms with Crippen molar-refractivity contribution in [3.63, 3.8) is 0 Å². The predicted molar refractivity (Wildman–Crippen MR) is 125 cm³/mol. The minimum absolute atomic E-state index is 0.0726. The lowest BCUT2D eigenvalue weighted by Gasteiger charge is -2.23. The molecule has 0 aliphatic heterocycles. The molecule has 1 N–H and O–H groups in total. The first-order valence-corrected chi connectivity index (χ1v) is 12.1. The van der Waals surface area contributed by atoms with Crippen LogP contribution in [-0.2, 0) is 20.7 Å². The van der Waals surface area contributed by atoms with Crippen molar-refractivity contribution in [2.75, 3.05) is 6.61 Å². The number of hydrogen-bond donors (Lipinski definition) is 1. The van der Waals surface area contributed by atoms with E-state index in [0.29, 0.717) is 19.4 Å². The van der Waals surface area contributed by atoms with Crippen LogP contribution in [0.3, 0.4) is 0 Å². The Hall–Kier alpha value is -1.94. The molecule has 1 aromatic rings. The summed E-state index contributed by atoms with van der Waals surface area (Å²) in [5.41, 5.74) is 2.71. The fraction of sp³-hybridized carbons (Fsp3) is 0.630. The fourth-order valence-electron chi connectivity index (χ4n) is 4.44. The third-order valence-corrected chi connectivity index (χ3v) is 6.27. The van der Waals surface area contributed by atoms with Gasteiger partial charge in [0.25, 0.3) is 0 Å². The highest BCUT2D eigenvalue weighted by molar-refractivity contribution is 5.95. The SMILES string of the molecule is CCOC(=O)CCCCC[C@@H](O)C1C(=O)C=C[C@H]1CCCCCCc1ccc(C)cc1. The number of aryl methyl sites for hydroxylation is 2. The zero-order valence-electron chi connectivity index (χ0n) is 19.4. The Kier molecular flexibility index (Phi) is 11.6. The number of esters is 1.